The lowest BCUT2D eigenvalue weighted by molar-refractivity contribution is -0.114. The van der Waals surface area contributed by atoms with Crippen LogP contribution in [0.2, 0.25) is 0 Å². The molecule has 0 saturated carbocycles. The molecule has 26 heavy (non-hydrogen) atoms. The molecule has 0 spiro atoms. The van der Waals surface area contributed by atoms with E-state index in [1.54, 1.807) is 18.2 Å². The van der Waals surface area contributed by atoms with Crippen molar-refractivity contribution in [3.8, 4) is 0 Å². The smallest absolute Gasteiger partial charge is 0.257 e. The van der Waals surface area contributed by atoms with E-state index in [9.17, 15) is 9.59 Å². The standard InChI is InChI=1S/C18H16N4O2S2/c1-10-5-3-4-6-13(10)16(24)21-17(25)22-18-20-14-8-7-12(19-11(2)23)9-15(14)26-18/h3-9H,1-2H3,(H,19,23)(H2,20,21,22,24,25). The third-order valence-electron chi connectivity index (χ3n) is 3.55. The van der Waals surface area contributed by atoms with E-state index < -0.39 is 0 Å². The number of fused-ring (bicyclic) bond motifs is 1. The van der Waals surface area contributed by atoms with Gasteiger partial charge >= 0.3 is 0 Å². The number of hydrogen-bond donors (Lipinski definition) is 3. The van der Waals surface area contributed by atoms with Crippen molar-refractivity contribution in [2.75, 3.05) is 10.6 Å². The fourth-order valence-corrected chi connectivity index (χ4v) is 3.55. The highest BCUT2D eigenvalue weighted by Gasteiger charge is 2.12. The summed E-state index contributed by atoms with van der Waals surface area (Å²) in [6, 6.07) is 12.7. The Bertz CT molecular complexity index is 1010. The number of nitrogens with zero attached hydrogens (tertiary/aromatic N) is 1. The maximum atomic E-state index is 12.3. The number of hydrogen-bond acceptors (Lipinski definition) is 5. The molecule has 0 bridgehead atoms. The summed E-state index contributed by atoms with van der Waals surface area (Å²) in [5.74, 6) is -0.401. The highest BCUT2D eigenvalue weighted by atomic mass is 32.1. The first-order valence-electron chi connectivity index (χ1n) is 7.78. The van der Waals surface area contributed by atoms with Gasteiger partial charge in [-0.05, 0) is 49.0 Å². The summed E-state index contributed by atoms with van der Waals surface area (Å²) >= 11 is 6.59. The summed E-state index contributed by atoms with van der Waals surface area (Å²) in [5.41, 5.74) is 2.93. The molecule has 2 amide bonds. The van der Waals surface area contributed by atoms with E-state index in [2.05, 4.69) is 20.9 Å². The zero-order valence-corrected chi connectivity index (χ0v) is 15.8. The molecule has 1 heterocycles. The van der Waals surface area contributed by atoms with Gasteiger partial charge in [0.1, 0.15) is 0 Å². The normalized spacial score (nSPS) is 10.4. The molecule has 0 saturated heterocycles. The highest BCUT2D eigenvalue weighted by molar-refractivity contribution is 7.80. The van der Waals surface area contributed by atoms with Gasteiger partial charge < -0.3 is 10.6 Å². The molecule has 0 atom stereocenters. The summed E-state index contributed by atoms with van der Waals surface area (Å²) in [4.78, 5) is 27.9. The van der Waals surface area contributed by atoms with Crippen LogP contribution in [0.15, 0.2) is 42.5 Å². The minimum atomic E-state index is -0.269. The van der Waals surface area contributed by atoms with Gasteiger partial charge in [-0.1, -0.05) is 29.5 Å². The predicted molar refractivity (Wildman–Crippen MR) is 109 cm³/mol. The number of rotatable bonds is 3. The average Bonchev–Trinajstić information content (AvgIpc) is 2.95. The van der Waals surface area contributed by atoms with Crippen LogP contribution in [0.1, 0.15) is 22.8 Å². The lowest BCUT2D eigenvalue weighted by Crippen LogP contribution is -2.34. The zero-order valence-electron chi connectivity index (χ0n) is 14.1. The van der Waals surface area contributed by atoms with Crippen LogP contribution >= 0.6 is 23.6 Å². The highest BCUT2D eigenvalue weighted by Crippen LogP contribution is 2.28. The Kier molecular flexibility index (Phi) is 5.24. The minimum Gasteiger partial charge on any atom is -0.326 e. The van der Waals surface area contributed by atoms with Crippen LogP contribution in [0.3, 0.4) is 0 Å². The van der Waals surface area contributed by atoms with Crippen molar-refractivity contribution >= 4 is 61.5 Å². The van der Waals surface area contributed by atoms with Crippen molar-refractivity contribution in [1.29, 1.82) is 0 Å². The number of carbonyl (C=O) groups excluding carboxylic acids is 2. The average molecular weight is 384 g/mol. The molecule has 2 aromatic carbocycles. The summed E-state index contributed by atoms with van der Waals surface area (Å²) in [7, 11) is 0. The number of carbonyl (C=O) groups is 2. The summed E-state index contributed by atoms with van der Waals surface area (Å²) in [5, 5.41) is 9.07. The molecule has 0 fully saturated rings. The molecule has 132 valence electrons. The van der Waals surface area contributed by atoms with Crippen molar-refractivity contribution in [2.24, 2.45) is 0 Å². The molecule has 1 aromatic heterocycles. The summed E-state index contributed by atoms with van der Waals surface area (Å²) in [6.07, 6.45) is 0. The lowest BCUT2D eigenvalue weighted by atomic mass is 10.1. The number of thiocarbonyl (C=S) groups is 1. The van der Waals surface area contributed by atoms with Gasteiger partial charge in [0.2, 0.25) is 5.91 Å². The van der Waals surface area contributed by atoms with Gasteiger partial charge in [0.15, 0.2) is 10.2 Å². The number of aryl methyl sites for hydroxylation is 1. The van der Waals surface area contributed by atoms with E-state index in [1.807, 2.05) is 31.2 Å². The van der Waals surface area contributed by atoms with Crippen LogP contribution in [0.4, 0.5) is 10.8 Å². The molecule has 3 aromatic rings. The zero-order chi connectivity index (χ0) is 18.7. The first kappa shape index (κ1) is 18.0. The van der Waals surface area contributed by atoms with E-state index in [0.29, 0.717) is 16.4 Å². The number of anilines is 2. The molecular weight excluding hydrogens is 368 g/mol. The Balaban J connectivity index is 1.70. The Morgan fingerprint density at radius 2 is 1.88 bits per heavy atom. The van der Waals surface area contributed by atoms with E-state index >= 15 is 0 Å². The molecule has 0 aliphatic rings. The third kappa shape index (κ3) is 4.22. The van der Waals surface area contributed by atoms with Crippen LogP contribution in [0.5, 0.6) is 0 Å². The summed E-state index contributed by atoms with van der Waals surface area (Å²) < 4.78 is 0.895. The third-order valence-corrected chi connectivity index (χ3v) is 4.68. The van der Waals surface area contributed by atoms with Crippen LogP contribution in [0.25, 0.3) is 10.2 Å². The largest absolute Gasteiger partial charge is 0.326 e. The van der Waals surface area contributed by atoms with Gasteiger partial charge in [-0.15, -0.1) is 0 Å². The first-order valence-corrected chi connectivity index (χ1v) is 9.01. The van der Waals surface area contributed by atoms with Crippen molar-refractivity contribution in [3.05, 3.63) is 53.6 Å². The Labute approximate surface area is 159 Å². The fraction of sp³-hybridized carbons (Fsp3) is 0.111. The lowest BCUT2D eigenvalue weighted by Gasteiger charge is -2.08. The fourth-order valence-electron chi connectivity index (χ4n) is 2.39. The van der Waals surface area contributed by atoms with Gasteiger partial charge in [-0.25, -0.2) is 4.98 Å². The van der Waals surface area contributed by atoms with E-state index in [1.165, 1.54) is 18.3 Å². The van der Waals surface area contributed by atoms with Gasteiger partial charge in [-0.3, -0.25) is 14.9 Å². The van der Waals surface area contributed by atoms with Gasteiger partial charge in [0.25, 0.3) is 5.91 Å². The number of aromatic nitrogens is 1. The van der Waals surface area contributed by atoms with Crippen molar-refractivity contribution in [1.82, 2.24) is 10.3 Å². The van der Waals surface area contributed by atoms with Crippen LogP contribution < -0.4 is 16.0 Å². The molecule has 6 nitrogen and oxygen atoms in total. The second-order valence-corrected chi connectivity index (χ2v) is 7.04. The molecule has 3 N–H and O–H groups in total. The maximum Gasteiger partial charge on any atom is 0.257 e. The number of nitrogens with one attached hydrogen (secondary N) is 3. The quantitative estimate of drug-likeness (QED) is 0.600. The van der Waals surface area contributed by atoms with Crippen LogP contribution in [0, 0.1) is 6.92 Å². The molecular formula is C18H16N4O2S2. The molecule has 0 aliphatic heterocycles. The van der Waals surface area contributed by atoms with Crippen molar-refractivity contribution in [2.45, 2.75) is 13.8 Å². The van der Waals surface area contributed by atoms with Gasteiger partial charge in [0.05, 0.1) is 10.2 Å². The molecule has 3 rings (SSSR count). The van der Waals surface area contributed by atoms with Crippen LogP contribution in [-0.2, 0) is 4.79 Å². The van der Waals surface area contributed by atoms with E-state index in [4.69, 9.17) is 12.2 Å². The van der Waals surface area contributed by atoms with Gasteiger partial charge in [-0.2, -0.15) is 0 Å². The van der Waals surface area contributed by atoms with Crippen molar-refractivity contribution < 1.29 is 9.59 Å². The Hall–Kier alpha value is -2.84. The molecule has 0 aliphatic carbocycles. The Morgan fingerprint density at radius 3 is 2.62 bits per heavy atom. The molecule has 8 heteroatoms. The minimum absolute atomic E-state index is 0.132. The summed E-state index contributed by atoms with van der Waals surface area (Å²) in [6.45, 7) is 3.32. The number of benzene rings is 2. The predicted octanol–water partition coefficient (Wildman–Crippen LogP) is 3.69. The van der Waals surface area contributed by atoms with E-state index in [-0.39, 0.29) is 16.9 Å². The topological polar surface area (TPSA) is 83.1 Å². The first-order chi connectivity index (χ1) is 12.4. The molecule has 0 unspecified atom stereocenters. The second-order valence-electron chi connectivity index (χ2n) is 5.61. The number of thiazole rings is 1. The van der Waals surface area contributed by atoms with E-state index in [0.717, 1.165) is 15.8 Å². The van der Waals surface area contributed by atoms with Crippen molar-refractivity contribution in [3.63, 3.8) is 0 Å². The monoisotopic (exact) mass is 384 g/mol. The number of amides is 2. The second kappa shape index (κ2) is 7.59. The maximum absolute atomic E-state index is 12.3. The Morgan fingerprint density at radius 1 is 1.12 bits per heavy atom. The molecule has 0 radical (unpaired) electrons. The van der Waals surface area contributed by atoms with Crippen LogP contribution in [-0.4, -0.2) is 21.9 Å². The van der Waals surface area contributed by atoms with Gasteiger partial charge in [0, 0.05) is 18.2 Å². The SMILES string of the molecule is CC(=O)Nc1ccc2nc(NC(=S)NC(=O)c3ccccc3C)sc2c1.